The van der Waals surface area contributed by atoms with E-state index in [1.54, 1.807) is 13.2 Å². The molecule has 0 aromatic heterocycles. The van der Waals surface area contributed by atoms with Gasteiger partial charge in [-0.3, -0.25) is 0 Å². The minimum absolute atomic E-state index is 0.0512. The van der Waals surface area contributed by atoms with Gasteiger partial charge in [0, 0.05) is 20.1 Å². The summed E-state index contributed by atoms with van der Waals surface area (Å²) in [5.41, 5.74) is 1.11. The molecule has 7 heteroatoms. The largest absolute Gasteiger partial charge is 0.413 e. The zero-order valence-electron chi connectivity index (χ0n) is 24.5. The number of aliphatic hydroxyl groups excluding tert-OH is 2. The Bertz CT molecular complexity index is 646. The third kappa shape index (κ3) is 9.99. The molecule has 0 saturated carbocycles. The minimum atomic E-state index is -2.08. The van der Waals surface area contributed by atoms with Crippen LogP contribution in [0.3, 0.4) is 0 Å². The van der Waals surface area contributed by atoms with Crippen molar-refractivity contribution < 1.29 is 23.8 Å². The van der Waals surface area contributed by atoms with E-state index in [4.69, 9.17) is 13.6 Å². The first kappa shape index (κ1) is 33.7. The lowest BCUT2D eigenvalue weighted by molar-refractivity contribution is -0.0149. The Morgan fingerprint density at radius 3 is 1.82 bits per heavy atom. The predicted octanol–water partition coefficient (Wildman–Crippen LogP) is 6.68. The minimum Gasteiger partial charge on any atom is -0.413 e. The number of ether oxygens (including phenoxy) is 1. The molecule has 5 nitrogen and oxygen atoms in total. The Kier molecular flexibility index (Phi) is 13.2. The predicted molar refractivity (Wildman–Crippen MR) is 150 cm³/mol. The summed E-state index contributed by atoms with van der Waals surface area (Å²) >= 11 is 0. The summed E-state index contributed by atoms with van der Waals surface area (Å²) in [5.74, 6) is 0.0512. The first-order valence-corrected chi connectivity index (χ1v) is 18.5. The number of hydrogen-bond donors (Lipinski definition) is 2. The molecular weight excluding hydrogens is 460 g/mol. The molecule has 0 amide bonds. The van der Waals surface area contributed by atoms with Crippen molar-refractivity contribution in [3.63, 3.8) is 0 Å². The molecule has 0 rings (SSSR count). The number of rotatable bonds is 14. The molecule has 0 spiro atoms. The van der Waals surface area contributed by atoms with Crippen LogP contribution in [0.15, 0.2) is 24.3 Å². The van der Waals surface area contributed by atoms with Crippen LogP contribution < -0.4 is 0 Å². The van der Waals surface area contributed by atoms with Crippen LogP contribution in [0.4, 0.5) is 0 Å². The molecule has 202 valence electrons. The number of methoxy groups -OCH3 is 1. The van der Waals surface area contributed by atoms with E-state index in [1.807, 2.05) is 0 Å². The Morgan fingerprint density at radius 1 is 0.971 bits per heavy atom. The third-order valence-electron chi connectivity index (χ3n) is 7.86. The van der Waals surface area contributed by atoms with Gasteiger partial charge in [-0.15, -0.1) is 6.58 Å². The van der Waals surface area contributed by atoms with Crippen molar-refractivity contribution in [2.75, 3.05) is 13.7 Å². The first-order valence-electron chi connectivity index (χ1n) is 12.7. The standard InChI is InChI=1S/C27H56O5Si2/c1-15-23(30-10)22(29)19-25(32-34(13,14)27(7,8)9)21(3)18-20(2)24(16-17-28)31-33(11,12)26(4,5)6/h15,18,21-25,28-29H,1,16-17,19H2,2-14H3/b20-18+/t21-,22+,23+,24-,25-/m0/s1. The summed E-state index contributed by atoms with van der Waals surface area (Å²) in [5, 5.41) is 20.7. The number of hydrogen-bond acceptors (Lipinski definition) is 5. The van der Waals surface area contributed by atoms with Crippen molar-refractivity contribution in [1.29, 1.82) is 0 Å². The maximum atomic E-state index is 10.9. The van der Waals surface area contributed by atoms with Crippen LogP contribution >= 0.6 is 0 Å². The second-order valence-corrected chi connectivity index (χ2v) is 22.3. The van der Waals surface area contributed by atoms with E-state index in [9.17, 15) is 10.2 Å². The van der Waals surface area contributed by atoms with E-state index < -0.39 is 28.8 Å². The highest BCUT2D eigenvalue weighted by Gasteiger charge is 2.42. The van der Waals surface area contributed by atoms with Gasteiger partial charge in [-0.05, 0) is 61.1 Å². The van der Waals surface area contributed by atoms with Crippen LogP contribution in [0.25, 0.3) is 0 Å². The Hall–Kier alpha value is -0.286. The van der Waals surface area contributed by atoms with E-state index in [0.29, 0.717) is 12.8 Å². The maximum Gasteiger partial charge on any atom is 0.192 e. The fraction of sp³-hybridized carbons (Fsp3) is 0.852. The molecule has 2 N–H and O–H groups in total. The Labute approximate surface area is 213 Å². The van der Waals surface area contributed by atoms with Crippen molar-refractivity contribution >= 4 is 16.6 Å². The van der Waals surface area contributed by atoms with Gasteiger partial charge in [0.25, 0.3) is 0 Å². The first-order chi connectivity index (χ1) is 15.2. The van der Waals surface area contributed by atoms with Crippen LogP contribution in [0.1, 0.15) is 68.2 Å². The molecule has 0 fully saturated rings. The fourth-order valence-electron chi connectivity index (χ4n) is 3.37. The van der Waals surface area contributed by atoms with Crippen molar-refractivity contribution in [2.24, 2.45) is 5.92 Å². The lowest BCUT2D eigenvalue weighted by atomic mass is 9.93. The average molecular weight is 517 g/mol. The highest BCUT2D eigenvalue weighted by Crippen LogP contribution is 2.40. The molecule has 0 radical (unpaired) electrons. The summed E-state index contributed by atoms with van der Waals surface area (Å²) in [6.45, 7) is 30.5. The summed E-state index contributed by atoms with van der Waals surface area (Å²) < 4.78 is 18.9. The SMILES string of the molecule is C=C[C@@H](OC)[C@H](O)C[C@H](O[Si](C)(C)C(C)(C)C)[C@@H](C)/C=C(\C)[C@H](CCO)O[Si](C)(C)C(C)(C)C. The quantitative estimate of drug-likeness (QED) is 0.199. The highest BCUT2D eigenvalue weighted by molar-refractivity contribution is 6.74. The highest BCUT2D eigenvalue weighted by atomic mass is 28.4. The third-order valence-corrected chi connectivity index (χ3v) is 16.9. The molecule has 0 aliphatic heterocycles. The molecule has 0 aromatic rings. The van der Waals surface area contributed by atoms with E-state index >= 15 is 0 Å². The van der Waals surface area contributed by atoms with Crippen molar-refractivity contribution in [1.82, 2.24) is 0 Å². The normalized spacial score (nSPS) is 18.9. The molecule has 0 aliphatic rings. The lowest BCUT2D eigenvalue weighted by Crippen LogP contribution is -2.47. The summed E-state index contributed by atoms with van der Waals surface area (Å²) in [6.07, 6.45) is 3.43. The monoisotopic (exact) mass is 516 g/mol. The molecule has 34 heavy (non-hydrogen) atoms. The number of aliphatic hydroxyl groups is 2. The second-order valence-electron chi connectivity index (χ2n) is 12.8. The van der Waals surface area contributed by atoms with Crippen molar-refractivity contribution in [2.45, 2.75) is 129 Å². The van der Waals surface area contributed by atoms with Gasteiger partial charge in [-0.25, -0.2) is 0 Å². The zero-order valence-corrected chi connectivity index (χ0v) is 26.5. The summed E-state index contributed by atoms with van der Waals surface area (Å²) in [6, 6.07) is 0. The summed E-state index contributed by atoms with van der Waals surface area (Å²) in [7, 11) is -2.50. The molecule has 0 aromatic carbocycles. The van der Waals surface area contributed by atoms with Crippen LogP contribution in [0.5, 0.6) is 0 Å². The van der Waals surface area contributed by atoms with Crippen molar-refractivity contribution in [3.8, 4) is 0 Å². The van der Waals surface area contributed by atoms with Gasteiger partial charge in [0.05, 0.1) is 18.3 Å². The van der Waals surface area contributed by atoms with Crippen LogP contribution in [-0.2, 0) is 13.6 Å². The second kappa shape index (κ2) is 13.3. The molecule has 5 atom stereocenters. The molecule has 0 heterocycles. The van der Waals surface area contributed by atoms with Crippen molar-refractivity contribution in [3.05, 3.63) is 24.3 Å². The molecular formula is C27H56O5Si2. The fourth-order valence-corrected chi connectivity index (χ4v) is 6.16. The van der Waals surface area contributed by atoms with E-state index in [1.165, 1.54) is 0 Å². The molecule has 0 saturated heterocycles. The van der Waals surface area contributed by atoms with Crippen LogP contribution in [0.2, 0.25) is 36.3 Å². The molecule has 0 bridgehead atoms. The average Bonchev–Trinajstić information content (AvgIpc) is 2.65. The lowest BCUT2D eigenvalue weighted by Gasteiger charge is -2.42. The topological polar surface area (TPSA) is 68.2 Å². The van der Waals surface area contributed by atoms with Gasteiger partial charge in [-0.1, -0.05) is 60.6 Å². The van der Waals surface area contributed by atoms with Gasteiger partial charge in [0.1, 0.15) is 6.10 Å². The van der Waals surface area contributed by atoms with E-state index in [2.05, 4.69) is 94.2 Å². The van der Waals surface area contributed by atoms with Crippen LogP contribution in [0, 0.1) is 5.92 Å². The van der Waals surface area contributed by atoms with Gasteiger partial charge in [0.2, 0.25) is 0 Å². The molecule has 0 unspecified atom stereocenters. The zero-order chi connectivity index (χ0) is 27.1. The maximum absolute atomic E-state index is 10.9. The van der Waals surface area contributed by atoms with E-state index in [0.717, 1.165) is 5.57 Å². The smallest absolute Gasteiger partial charge is 0.192 e. The van der Waals surface area contributed by atoms with Gasteiger partial charge >= 0.3 is 0 Å². The Morgan fingerprint density at radius 2 is 1.44 bits per heavy atom. The van der Waals surface area contributed by atoms with Gasteiger partial charge < -0.3 is 23.8 Å². The van der Waals surface area contributed by atoms with E-state index in [-0.39, 0.29) is 34.8 Å². The summed E-state index contributed by atoms with van der Waals surface area (Å²) in [4.78, 5) is 0. The Balaban J connectivity index is 6.04. The molecule has 0 aliphatic carbocycles. The van der Waals surface area contributed by atoms with Crippen LogP contribution in [-0.4, -0.2) is 65.0 Å². The van der Waals surface area contributed by atoms with Gasteiger partial charge in [0.15, 0.2) is 16.6 Å². The van der Waals surface area contributed by atoms with Gasteiger partial charge in [-0.2, -0.15) is 0 Å².